The lowest BCUT2D eigenvalue weighted by Gasteiger charge is -2.21. The van der Waals surface area contributed by atoms with Crippen LogP contribution in [0.15, 0.2) is 18.2 Å². The fourth-order valence-corrected chi connectivity index (χ4v) is 2.48. The van der Waals surface area contributed by atoms with Crippen molar-refractivity contribution >= 4 is 17.0 Å². The zero-order valence-electron chi connectivity index (χ0n) is 13.1. The Kier molecular flexibility index (Phi) is 4.63. The van der Waals surface area contributed by atoms with Gasteiger partial charge in [0.05, 0.1) is 16.6 Å². The topological polar surface area (TPSA) is 58.4 Å². The van der Waals surface area contributed by atoms with Gasteiger partial charge in [-0.3, -0.25) is 0 Å². The second-order valence-corrected chi connectivity index (χ2v) is 5.72. The Bertz CT molecular complexity index is 646. The van der Waals surface area contributed by atoms with Crippen LogP contribution in [0, 0.1) is 6.92 Å². The number of aromatic nitrogens is 2. The Hall–Kier alpha value is -1.88. The molecule has 1 aromatic heterocycles. The van der Waals surface area contributed by atoms with Crippen LogP contribution in [0.5, 0.6) is 0 Å². The zero-order valence-corrected chi connectivity index (χ0v) is 13.1. The van der Waals surface area contributed by atoms with Crippen molar-refractivity contribution in [1.29, 1.82) is 0 Å². The number of benzene rings is 1. The number of nitrogens with zero attached hydrogens (tertiary/aromatic N) is 3. The van der Waals surface area contributed by atoms with Crippen molar-refractivity contribution in [3.8, 4) is 0 Å². The van der Waals surface area contributed by atoms with Gasteiger partial charge in [-0.15, -0.1) is 0 Å². The van der Waals surface area contributed by atoms with E-state index in [4.69, 9.17) is 0 Å². The largest absolute Gasteiger partial charge is 0.478 e. The van der Waals surface area contributed by atoms with E-state index in [1.54, 1.807) is 12.1 Å². The highest BCUT2D eigenvalue weighted by Crippen LogP contribution is 2.21. The summed E-state index contributed by atoms with van der Waals surface area (Å²) in [6.45, 7) is 8.02. The number of hydrogen-bond donors (Lipinski definition) is 1. The van der Waals surface area contributed by atoms with Crippen LogP contribution in [0.1, 0.15) is 36.5 Å². The minimum atomic E-state index is -0.902. The molecule has 1 aromatic carbocycles. The van der Waals surface area contributed by atoms with Crippen molar-refractivity contribution in [3.63, 3.8) is 0 Å². The van der Waals surface area contributed by atoms with Gasteiger partial charge in [0.25, 0.3) is 0 Å². The van der Waals surface area contributed by atoms with Gasteiger partial charge < -0.3 is 14.6 Å². The van der Waals surface area contributed by atoms with Crippen LogP contribution in [-0.2, 0) is 6.54 Å². The van der Waals surface area contributed by atoms with Gasteiger partial charge in [0.2, 0.25) is 0 Å². The molecule has 0 atom stereocenters. The number of imidazole rings is 1. The second kappa shape index (κ2) is 6.26. The number of para-hydroxylation sites is 1. The van der Waals surface area contributed by atoms with E-state index in [0.717, 1.165) is 36.4 Å². The molecule has 0 aliphatic carbocycles. The Morgan fingerprint density at radius 1 is 1.43 bits per heavy atom. The number of carboxylic acid groups (broad SMARTS) is 1. The molecule has 0 radical (unpaired) electrons. The Balaban J connectivity index is 2.27. The quantitative estimate of drug-likeness (QED) is 0.888. The predicted octanol–water partition coefficient (Wildman–Crippen LogP) is 2.77. The fraction of sp³-hybridized carbons (Fsp3) is 0.500. The van der Waals surface area contributed by atoms with Crippen molar-refractivity contribution in [2.24, 2.45) is 0 Å². The van der Waals surface area contributed by atoms with E-state index in [-0.39, 0.29) is 0 Å². The van der Waals surface area contributed by atoms with Gasteiger partial charge in [0.1, 0.15) is 5.82 Å². The molecule has 0 fully saturated rings. The van der Waals surface area contributed by atoms with Crippen LogP contribution >= 0.6 is 0 Å². The van der Waals surface area contributed by atoms with E-state index in [1.165, 1.54) is 0 Å². The van der Waals surface area contributed by atoms with Crippen molar-refractivity contribution in [1.82, 2.24) is 14.5 Å². The van der Waals surface area contributed by atoms with Crippen molar-refractivity contribution in [3.05, 3.63) is 29.6 Å². The van der Waals surface area contributed by atoms with Crippen LogP contribution in [0.3, 0.4) is 0 Å². The molecule has 0 spiro atoms. The summed E-state index contributed by atoms with van der Waals surface area (Å²) in [6.07, 6.45) is 0.967. The summed E-state index contributed by atoms with van der Waals surface area (Å²) in [6, 6.07) is 5.77. The van der Waals surface area contributed by atoms with E-state index >= 15 is 0 Å². The number of aromatic carboxylic acids is 1. The minimum Gasteiger partial charge on any atom is -0.478 e. The Morgan fingerprint density at radius 3 is 2.76 bits per heavy atom. The lowest BCUT2D eigenvalue weighted by Crippen LogP contribution is -2.28. The van der Waals surface area contributed by atoms with Gasteiger partial charge in [-0.05, 0) is 52.9 Å². The number of hydrogen-bond acceptors (Lipinski definition) is 3. The molecule has 21 heavy (non-hydrogen) atoms. The molecule has 0 saturated carbocycles. The molecule has 114 valence electrons. The standard InChI is InChI=1S/C16H23N3O2/c1-11(2)18(4)9-6-10-19-12(3)17-14-8-5-7-13(15(14)19)16(20)21/h5,7-8,11H,6,9-10H2,1-4H3,(H,20,21). The lowest BCUT2D eigenvalue weighted by atomic mass is 10.2. The molecule has 0 aliphatic heterocycles. The summed E-state index contributed by atoms with van der Waals surface area (Å²) in [5.41, 5.74) is 1.81. The van der Waals surface area contributed by atoms with Gasteiger partial charge in [-0.2, -0.15) is 0 Å². The van der Waals surface area contributed by atoms with Gasteiger partial charge in [-0.25, -0.2) is 9.78 Å². The first kappa shape index (κ1) is 15.5. The van der Waals surface area contributed by atoms with Crippen LogP contribution in [-0.4, -0.2) is 45.2 Å². The predicted molar refractivity (Wildman–Crippen MR) is 83.8 cm³/mol. The van der Waals surface area contributed by atoms with Crippen LogP contribution in [0.4, 0.5) is 0 Å². The highest BCUT2D eigenvalue weighted by atomic mass is 16.4. The first-order valence-electron chi connectivity index (χ1n) is 7.31. The maximum Gasteiger partial charge on any atom is 0.337 e. The molecule has 0 aliphatic rings. The van der Waals surface area contributed by atoms with Crippen molar-refractivity contribution in [2.75, 3.05) is 13.6 Å². The summed E-state index contributed by atoms with van der Waals surface area (Å²) in [7, 11) is 2.10. The lowest BCUT2D eigenvalue weighted by molar-refractivity contribution is 0.0698. The van der Waals surface area contributed by atoms with E-state index < -0.39 is 5.97 Å². The number of rotatable bonds is 6. The van der Waals surface area contributed by atoms with Gasteiger partial charge >= 0.3 is 5.97 Å². The highest BCUT2D eigenvalue weighted by Gasteiger charge is 2.15. The normalized spacial score (nSPS) is 11.7. The molecular formula is C16H23N3O2. The number of fused-ring (bicyclic) bond motifs is 1. The van der Waals surface area contributed by atoms with Crippen LogP contribution in [0.2, 0.25) is 0 Å². The summed E-state index contributed by atoms with van der Waals surface area (Å²) in [5.74, 6) is -0.0352. The van der Waals surface area contributed by atoms with Crippen molar-refractivity contribution in [2.45, 2.75) is 39.8 Å². The third-order valence-electron chi connectivity index (χ3n) is 3.96. The molecule has 0 amide bonds. The Morgan fingerprint density at radius 2 is 2.14 bits per heavy atom. The first-order chi connectivity index (χ1) is 9.91. The van der Waals surface area contributed by atoms with E-state index in [0.29, 0.717) is 11.6 Å². The third kappa shape index (κ3) is 3.24. The highest BCUT2D eigenvalue weighted by molar-refractivity contribution is 6.01. The van der Waals surface area contributed by atoms with Gasteiger partial charge in [0, 0.05) is 12.6 Å². The SMILES string of the molecule is Cc1nc2cccc(C(=O)O)c2n1CCCN(C)C(C)C. The molecule has 1 N–H and O–H groups in total. The molecular weight excluding hydrogens is 266 g/mol. The number of aryl methyl sites for hydroxylation is 2. The minimum absolute atomic E-state index is 0.324. The molecule has 2 rings (SSSR count). The monoisotopic (exact) mass is 289 g/mol. The maximum absolute atomic E-state index is 11.4. The molecule has 2 aromatic rings. The van der Waals surface area contributed by atoms with Gasteiger partial charge in [-0.1, -0.05) is 6.07 Å². The van der Waals surface area contributed by atoms with Gasteiger partial charge in [0.15, 0.2) is 0 Å². The average molecular weight is 289 g/mol. The maximum atomic E-state index is 11.4. The summed E-state index contributed by atoms with van der Waals surface area (Å²) in [4.78, 5) is 18.2. The molecule has 0 unspecified atom stereocenters. The molecule has 5 heteroatoms. The molecule has 5 nitrogen and oxygen atoms in total. The number of carbonyl (C=O) groups is 1. The Labute approximate surface area is 125 Å². The third-order valence-corrected chi connectivity index (χ3v) is 3.96. The smallest absolute Gasteiger partial charge is 0.337 e. The van der Waals surface area contributed by atoms with Crippen molar-refractivity contribution < 1.29 is 9.90 Å². The number of carboxylic acids is 1. The van der Waals surface area contributed by atoms with E-state index in [1.807, 2.05) is 17.6 Å². The first-order valence-corrected chi connectivity index (χ1v) is 7.31. The van der Waals surface area contributed by atoms with Crippen LogP contribution in [0.25, 0.3) is 11.0 Å². The van der Waals surface area contributed by atoms with E-state index in [2.05, 4.69) is 30.8 Å². The summed E-state index contributed by atoms with van der Waals surface area (Å²) >= 11 is 0. The summed E-state index contributed by atoms with van der Waals surface area (Å²) < 4.78 is 2.02. The average Bonchev–Trinajstić information content (AvgIpc) is 2.74. The molecule has 1 heterocycles. The second-order valence-electron chi connectivity index (χ2n) is 5.72. The zero-order chi connectivity index (χ0) is 15.6. The molecule has 0 bridgehead atoms. The fourth-order valence-electron chi connectivity index (χ4n) is 2.48. The van der Waals surface area contributed by atoms with Crippen LogP contribution < -0.4 is 0 Å². The summed E-state index contributed by atoms with van der Waals surface area (Å²) in [5, 5.41) is 9.35. The molecule has 0 saturated heterocycles. The van der Waals surface area contributed by atoms with E-state index in [9.17, 15) is 9.90 Å².